The van der Waals surface area contributed by atoms with Gasteiger partial charge in [0.15, 0.2) is 0 Å². The second-order valence-corrected chi connectivity index (χ2v) is 6.97. The Morgan fingerprint density at radius 2 is 1.60 bits per heavy atom. The van der Waals surface area contributed by atoms with Crippen LogP contribution in [0.4, 0.5) is 8.78 Å². The van der Waals surface area contributed by atoms with Crippen LogP contribution in [-0.4, -0.2) is 15.8 Å². The standard InChI is InChI=1S/C23H17F2N3O2/c1-14-6-8-16(9-7-14)22-19-4-2-3-5-20(19)23(30)28(27-22)26-21(29)12-15-10-17(24)13-18(25)11-15/h2-11,13H,12H2,1H3,(H,26,29). The SMILES string of the molecule is Cc1ccc(-c2nn(NC(=O)Cc3cc(F)cc(F)c3)c(=O)c3ccccc23)cc1. The van der Waals surface area contributed by atoms with E-state index in [1.807, 2.05) is 37.3 Å². The Kier molecular flexibility index (Phi) is 5.10. The third-order valence-corrected chi connectivity index (χ3v) is 4.65. The normalized spacial score (nSPS) is 10.9. The van der Waals surface area contributed by atoms with Gasteiger partial charge in [0.1, 0.15) is 17.3 Å². The third kappa shape index (κ3) is 3.96. The first-order chi connectivity index (χ1) is 14.4. The summed E-state index contributed by atoms with van der Waals surface area (Å²) in [4.78, 5) is 26.1. The molecule has 150 valence electrons. The Morgan fingerprint density at radius 1 is 0.967 bits per heavy atom. The van der Waals surface area contributed by atoms with E-state index in [-0.39, 0.29) is 12.0 Å². The van der Waals surface area contributed by atoms with Crippen molar-refractivity contribution in [2.75, 3.05) is 5.43 Å². The number of rotatable bonds is 4. The van der Waals surface area contributed by atoms with Crippen molar-refractivity contribution in [1.29, 1.82) is 0 Å². The zero-order valence-electron chi connectivity index (χ0n) is 16.0. The van der Waals surface area contributed by atoms with E-state index in [0.717, 1.165) is 34.1 Å². The summed E-state index contributed by atoms with van der Waals surface area (Å²) in [6, 6.07) is 17.5. The van der Waals surface area contributed by atoms with Gasteiger partial charge in [0, 0.05) is 17.0 Å². The molecule has 0 fully saturated rings. The van der Waals surface area contributed by atoms with Crippen molar-refractivity contribution in [3.63, 3.8) is 0 Å². The lowest BCUT2D eigenvalue weighted by atomic mass is 10.0. The molecule has 7 heteroatoms. The van der Waals surface area contributed by atoms with Crippen LogP contribution in [-0.2, 0) is 11.2 Å². The van der Waals surface area contributed by atoms with Crippen molar-refractivity contribution in [2.45, 2.75) is 13.3 Å². The number of halogens is 2. The molecule has 0 saturated carbocycles. The number of carbonyl (C=O) groups is 1. The number of nitrogens with zero attached hydrogens (tertiary/aromatic N) is 2. The molecule has 1 aromatic heterocycles. The predicted octanol–water partition coefficient (Wildman–Crippen LogP) is 3.96. The first kappa shape index (κ1) is 19.4. The largest absolute Gasteiger partial charge is 0.294 e. The molecule has 3 aromatic carbocycles. The summed E-state index contributed by atoms with van der Waals surface area (Å²) < 4.78 is 26.7. The van der Waals surface area contributed by atoms with Gasteiger partial charge in [-0.15, -0.1) is 9.89 Å². The van der Waals surface area contributed by atoms with E-state index in [2.05, 4.69) is 10.5 Å². The minimum atomic E-state index is -0.777. The molecular weight excluding hydrogens is 388 g/mol. The van der Waals surface area contributed by atoms with E-state index in [9.17, 15) is 18.4 Å². The smallest absolute Gasteiger partial charge is 0.273 e. The molecule has 0 aliphatic rings. The summed E-state index contributed by atoms with van der Waals surface area (Å²) in [5.41, 5.74) is 4.46. The van der Waals surface area contributed by atoms with Crippen LogP contribution in [0.25, 0.3) is 22.0 Å². The maximum absolute atomic E-state index is 13.4. The van der Waals surface area contributed by atoms with Gasteiger partial charge >= 0.3 is 0 Å². The molecule has 0 radical (unpaired) electrons. The quantitative estimate of drug-likeness (QED) is 0.559. The number of aryl methyl sites for hydroxylation is 1. The number of fused-ring (bicyclic) bond motifs is 1. The van der Waals surface area contributed by atoms with Gasteiger partial charge in [0.05, 0.1) is 11.8 Å². The highest BCUT2D eigenvalue weighted by molar-refractivity contribution is 5.94. The lowest BCUT2D eigenvalue weighted by molar-refractivity contribution is -0.116. The van der Waals surface area contributed by atoms with Crippen molar-refractivity contribution >= 4 is 16.7 Å². The van der Waals surface area contributed by atoms with Crippen LogP contribution >= 0.6 is 0 Å². The maximum Gasteiger partial charge on any atom is 0.294 e. The Balaban J connectivity index is 1.73. The highest BCUT2D eigenvalue weighted by atomic mass is 19.1. The minimum Gasteiger partial charge on any atom is -0.273 e. The molecule has 1 amide bonds. The molecule has 1 N–H and O–H groups in total. The van der Waals surface area contributed by atoms with Crippen molar-refractivity contribution in [3.05, 3.63) is 99.8 Å². The van der Waals surface area contributed by atoms with E-state index in [4.69, 9.17) is 0 Å². The van der Waals surface area contributed by atoms with Crippen LogP contribution in [0.5, 0.6) is 0 Å². The summed E-state index contributed by atoms with van der Waals surface area (Å²) in [5, 5.41) is 5.39. The van der Waals surface area contributed by atoms with Crippen molar-refractivity contribution in [1.82, 2.24) is 9.89 Å². The average molecular weight is 405 g/mol. The Bertz CT molecular complexity index is 1290. The fourth-order valence-corrected chi connectivity index (χ4v) is 3.25. The van der Waals surface area contributed by atoms with E-state index >= 15 is 0 Å². The van der Waals surface area contributed by atoms with Gasteiger partial charge in [-0.2, -0.15) is 0 Å². The van der Waals surface area contributed by atoms with Crippen LogP contribution in [0.2, 0.25) is 0 Å². The van der Waals surface area contributed by atoms with E-state index in [1.165, 1.54) is 0 Å². The van der Waals surface area contributed by atoms with E-state index < -0.39 is 23.1 Å². The van der Waals surface area contributed by atoms with Gasteiger partial charge in [0.25, 0.3) is 5.56 Å². The summed E-state index contributed by atoms with van der Waals surface area (Å²) in [7, 11) is 0. The lowest BCUT2D eigenvalue weighted by Crippen LogP contribution is -2.36. The van der Waals surface area contributed by atoms with Gasteiger partial charge < -0.3 is 0 Å². The zero-order chi connectivity index (χ0) is 21.3. The third-order valence-electron chi connectivity index (χ3n) is 4.65. The number of nitrogens with one attached hydrogen (secondary N) is 1. The summed E-state index contributed by atoms with van der Waals surface area (Å²) in [6.45, 7) is 1.96. The Morgan fingerprint density at radius 3 is 2.27 bits per heavy atom. The molecule has 0 bridgehead atoms. The number of amides is 1. The molecule has 4 aromatic rings. The van der Waals surface area contributed by atoms with Gasteiger partial charge in [0.2, 0.25) is 5.91 Å². The molecule has 0 spiro atoms. The minimum absolute atomic E-state index is 0.151. The summed E-state index contributed by atoms with van der Waals surface area (Å²) >= 11 is 0. The van der Waals surface area contributed by atoms with Crippen LogP contribution in [0, 0.1) is 18.6 Å². The van der Waals surface area contributed by atoms with Gasteiger partial charge in [-0.05, 0) is 30.7 Å². The number of benzene rings is 3. The summed E-state index contributed by atoms with van der Waals surface area (Å²) in [5.74, 6) is -2.18. The second kappa shape index (κ2) is 7.87. The Hall–Kier alpha value is -3.87. The Labute approximate surface area is 170 Å². The number of aromatic nitrogens is 2. The first-order valence-electron chi connectivity index (χ1n) is 9.24. The number of carbonyl (C=O) groups excluding carboxylic acids is 1. The highest BCUT2D eigenvalue weighted by Gasteiger charge is 2.14. The van der Waals surface area contributed by atoms with Crippen LogP contribution in [0.15, 0.2) is 71.5 Å². The fourth-order valence-electron chi connectivity index (χ4n) is 3.25. The highest BCUT2D eigenvalue weighted by Crippen LogP contribution is 2.24. The molecule has 0 aliphatic heterocycles. The van der Waals surface area contributed by atoms with Crippen molar-refractivity contribution in [3.8, 4) is 11.3 Å². The van der Waals surface area contributed by atoms with Gasteiger partial charge in [-0.25, -0.2) is 14.2 Å². The molecule has 0 atom stereocenters. The second-order valence-electron chi connectivity index (χ2n) is 6.97. The van der Waals surface area contributed by atoms with Gasteiger partial charge in [-0.1, -0.05) is 48.0 Å². The predicted molar refractivity (Wildman–Crippen MR) is 111 cm³/mol. The van der Waals surface area contributed by atoms with E-state index in [0.29, 0.717) is 16.5 Å². The van der Waals surface area contributed by atoms with Gasteiger partial charge in [-0.3, -0.25) is 9.59 Å². The number of hydrogen-bond acceptors (Lipinski definition) is 3. The zero-order valence-corrected chi connectivity index (χ0v) is 16.0. The van der Waals surface area contributed by atoms with Crippen LogP contribution in [0.3, 0.4) is 0 Å². The van der Waals surface area contributed by atoms with Crippen LogP contribution in [0.1, 0.15) is 11.1 Å². The van der Waals surface area contributed by atoms with Crippen LogP contribution < -0.4 is 11.0 Å². The monoisotopic (exact) mass is 405 g/mol. The number of hydrogen-bond donors (Lipinski definition) is 1. The average Bonchev–Trinajstić information content (AvgIpc) is 2.70. The molecule has 4 rings (SSSR count). The molecule has 0 aliphatic carbocycles. The maximum atomic E-state index is 13.4. The fraction of sp³-hybridized carbons (Fsp3) is 0.0870. The lowest BCUT2D eigenvalue weighted by Gasteiger charge is -2.12. The molecular formula is C23H17F2N3O2. The topological polar surface area (TPSA) is 64.0 Å². The molecule has 1 heterocycles. The van der Waals surface area contributed by atoms with Crippen molar-refractivity contribution < 1.29 is 13.6 Å². The molecule has 5 nitrogen and oxygen atoms in total. The summed E-state index contributed by atoms with van der Waals surface area (Å²) in [6.07, 6.45) is -0.310. The molecule has 0 saturated heterocycles. The first-order valence-corrected chi connectivity index (χ1v) is 9.24. The molecule has 0 unspecified atom stereocenters. The van der Waals surface area contributed by atoms with E-state index in [1.54, 1.807) is 18.2 Å². The molecule has 30 heavy (non-hydrogen) atoms. The van der Waals surface area contributed by atoms with Crippen molar-refractivity contribution in [2.24, 2.45) is 0 Å².